The van der Waals surface area contributed by atoms with Crippen LogP contribution in [0.5, 0.6) is 0 Å². The second kappa shape index (κ2) is 9.88. The first kappa shape index (κ1) is 23.2. The number of hydrogen-bond donors (Lipinski definition) is 1. The third kappa shape index (κ3) is 4.99. The number of aryl methyl sites for hydroxylation is 2. The Labute approximate surface area is 201 Å². The molecule has 172 valence electrons. The highest BCUT2D eigenvalue weighted by molar-refractivity contribution is 8.04. The molecule has 2 heterocycles. The molecule has 0 aliphatic carbocycles. The molecule has 9 heteroatoms. The van der Waals surface area contributed by atoms with Gasteiger partial charge in [0.2, 0.25) is 0 Å². The van der Waals surface area contributed by atoms with Gasteiger partial charge in [-0.3, -0.25) is 14.5 Å². The summed E-state index contributed by atoms with van der Waals surface area (Å²) in [7, 11) is 1.31. The number of amides is 2. The minimum atomic E-state index is -0.463. The molecule has 0 spiro atoms. The third-order valence-electron chi connectivity index (χ3n) is 5.04. The van der Waals surface area contributed by atoms with Crippen LogP contribution in [0.2, 0.25) is 0 Å². The molecule has 34 heavy (non-hydrogen) atoms. The van der Waals surface area contributed by atoms with Crippen molar-refractivity contribution in [3.63, 3.8) is 0 Å². The molecule has 0 saturated carbocycles. The Morgan fingerprint density at radius 3 is 2.24 bits per heavy atom. The predicted molar refractivity (Wildman–Crippen MR) is 128 cm³/mol. The number of carbonyl (C=O) groups is 3. The number of imide groups is 1. The van der Waals surface area contributed by atoms with Gasteiger partial charge in [-0.2, -0.15) is 0 Å². The quantitative estimate of drug-likeness (QED) is 0.313. The molecule has 1 aromatic heterocycles. The number of thioether (sulfide) groups is 1. The molecule has 1 N–H and O–H groups in total. The smallest absolute Gasteiger partial charge is 0.337 e. The van der Waals surface area contributed by atoms with E-state index in [1.165, 1.54) is 12.0 Å². The highest BCUT2D eigenvalue weighted by Gasteiger charge is 2.39. The molecule has 2 amide bonds. The van der Waals surface area contributed by atoms with Gasteiger partial charge in [-0.05, 0) is 61.5 Å². The topological polar surface area (TPSA) is 101 Å². The minimum absolute atomic E-state index is 0.138. The van der Waals surface area contributed by atoms with Gasteiger partial charge in [0.15, 0.2) is 5.16 Å². The number of carbonyl (C=O) groups excluding carboxylic acids is 3. The molecule has 1 aliphatic heterocycles. The Balaban J connectivity index is 1.67. The number of ether oxygens (including phenoxy) is 1. The second-order valence-electron chi connectivity index (χ2n) is 7.62. The van der Waals surface area contributed by atoms with Crippen LogP contribution in [0.1, 0.15) is 27.3 Å². The maximum atomic E-state index is 13.3. The number of nitrogens with one attached hydrogen (secondary N) is 1. The van der Waals surface area contributed by atoms with Crippen molar-refractivity contribution < 1.29 is 19.1 Å². The molecule has 2 aromatic carbocycles. The highest BCUT2D eigenvalue weighted by atomic mass is 32.2. The van der Waals surface area contributed by atoms with E-state index in [0.717, 1.165) is 28.7 Å². The fraction of sp³-hybridized carbons (Fsp3) is 0.160. The summed E-state index contributed by atoms with van der Waals surface area (Å²) < 4.78 is 4.72. The Kier molecular flexibility index (Phi) is 6.74. The van der Waals surface area contributed by atoms with Crippen molar-refractivity contribution in [2.75, 3.05) is 12.4 Å². The van der Waals surface area contributed by atoms with Crippen LogP contribution in [0, 0.1) is 13.8 Å². The van der Waals surface area contributed by atoms with E-state index < -0.39 is 17.8 Å². The van der Waals surface area contributed by atoms with Crippen LogP contribution < -0.4 is 5.32 Å². The van der Waals surface area contributed by atoms with Crippen molar-refractivity contribution in [2.24, 2.45) is 0 Å². The van der Waals surface area contributed by atoms with Crippen molar-refractivity contribution >= 4 is 35.2 Å². The van der Waals surface area contributed by atoms with Crippen LogP contribution in [-0.4, -0.2) is 39.8 Å². The summed E-state index contributed by atoms with van der Waals surface area (Å²) >= 11 is 1.05. The van der Waals surface area contributed by atoms with Gasteiger partial charge >= 0.3 is 5.97 Å². The predicted octanol–water partition coefficient (Wildman–Crippen LogP) is 3.86. The summed E-state index contributed by atoms with van der Waals surface area (Å²) in [5, 5.41) is 3.44. The molecular formula is C25H22N4O4S. The summed E-state index contributed by atoms with van der Waals surface area (Å²) in [6.45, 7) is 3.83. The molecule has 0 atom stereocenters. The van der Waals surface area contributed by atoms with Gasteiger partial charge in [0.25, 0.3) is 11.8 Å². The average Bonchev–Trinajstić information content (AvgIpc) is 3.03. The molecule has 1 aliphatic rings. The normalized spacial score (nSPS) is 13.4. The summed E-state index contributed by atoms with van der Waals surface area (Å²) in [4.78, 5) is 48.6. The molecule has 0 saturated heterocycles. The highest BCUT2D eigenvalue weighted by Crippen LogP contribution is 2.35. The maximum absolute atomic E-state index is 13.3. The first-order valence-electron chi connectivity index (χ1n) is 10.5. The van der Waals surface area contributed by atoms with E-state index in [9.17, 15) is 14.4 Å². The zero-order valence-electron chi connectivity index (χ0n) is 18.9. The van der Waals surface area contributed by atoms with E-state index in [1.54, 1.807) is 24.3 Å². The van der Waals surface area contributed by atoms with E-state index in [0.29, 0.717) is 16.4 Å². The third-order valence-corrected chi connectivity index (χ3v) is 5.99. The van der Waals surface area contributed by atoms with Crippen LogP contribution in [0.4, 0.5) is 5.69 Å². The lowest BCUT2D eigenvalue weighted by atomic mass is 10.2. The second-order valence-corrected chi connectivity index (χ2v) is 8.59. The zero-order chi connectivity index (χ0) is 24.2. The van der Waals surface area contributed by atoms with E-state index in [-0.39, 0.29) is 17.1 Å². The lowest BCUT2D eigenvalue weighted by molar-refractivity contribution is -0.137. The zero-order valence-corrected chi connectivity index (χ0v) is 19.7. The molecule has 4 rings (SSSR count). The van der Waals surface area contributed by atoms with Crippen molar-refractivity contribution in [2.45, 2.75) is 25.5 Å². The number of methoxy groups -OCH3 is 1. The van der Waals surface area contributed by atoms with Gasteiger partial charge in [-0.25, -0.2) is 14.8 Å². The van der Waals surface area contributed by atoms with Crippen molar-refractivity contribution in [3.8, 4) is 0 Å². The fourth-order valence-electron chi connectivity index (χ4n) is 3.45. The van der Waals surface area contributed by atoms with Gasteiger partial charge in [-0.1, -0.05) is 30.3 Å². The standard InChI is InChI=1S/C25H22N4O4S/c1-15-13-16(2)27-25(26-15)34-21-20(28-19-11-9-18(10-12-19)24(32)33-3)22(30)29(23(21)31)14-17-7-5-4-6-8-17/h4-13,28H,14H2,1-3H3. The van der Waals surface area contributed by atoms with Crippen LogP contribution in [0.25, 0.3) is 0 Å². The first-order chi connectivity index (χ1) is 16.4. The minimum Gasteiger partial charge on any atom is -0.465 e. The largest absolute Gasteiger partial charge is 0.465 e. The number of nitrogens with zero attached hydrogens (tertiary/aromatic N) is 3. The van der Waals surface area contributed by atoms with Gasteiger partial charge in [0.05, 0.1) is 19.2 Å². The lowest BCUT2D eigenvalue weighted by Gasteiger charge is -2.15. The van der Waals surface area contributed by atoms with E-state index >= 15 is 0 Å². The maximum Gasteiger partial charge on any atom is 0.337 e. The van der Waals surface area contributed by atoms with Crippen molar-refractivity contribution in [1.82, 2.24) is 14.9 Å². The van der Waals surface area contributed by atoms with E-state index in [4.69, 9.17) is 4.74 Å². The molecule has 0 radical (unpaired) electrons. The van der Waals surface area contributed by atoms with Crippen LogP contribution in [-0.2, 0) is 20.9 Å². The monoisotopic (exact) mass is 474 g/mol. The number of anilines is 1. The lowest BCUT2D eigenvalue weighted by Crippen LogP contribution is -2.31. The fourth-order valence-corrected chi connectivity index (χ4v) is 4.45. The summed E-state index contributed by atoms with van der Waals surface area (Å²) in [5.41, 5.74) is 3.42. The number of aromatic nitrogens is 2. The number of rotatable bonds is 7. The SMILES string of the molecule is COC(=O)c1ccc(NC2=C(Sc3nc(C)cc(C)n3)C(=O)N(Cc3ccccc3)C2=O)cc1. The van der Waals surface area contributed by atoms with Gasteiger partial charge in [0.1, 0.15) is 10.6 Å². The Morgan fingerprint density at radius 1 is 0.971 bits per heavy atom. The summed E-state index contributed by atoms with van der Waals surface area (Å²) in [5.74, 6) is -1.33. The average molecular weight is 475 g/mol. The van der Waals surface area contributed by atoms with Crippen LogP contribution >= 0.6 is 11.8 Å². The van der Waals surface area contributed by atoms with Crippen molar-refractivity contribution in [1.29, 1.82) is 0 Å². The number of benzene rings is 2. The van der Waals surface area contributed by atoms with E-state index in [1.807, 2.05) is 50.2 Å². The molecule has 0 fully saturated rings. The number of hydrogen-bond acceptors (Lipinski definition) is 8. The van der Waals surface area contributed by atoms with E-state index in [2.05, 4.69) is 15.3 Å². The summed E-state index contributed by atoms with van der Waals surface area (Å²) in [6, 6.07) is 17.6. The van der Waals surface area contributed by atoms with Gasteiger partial charge in [0, 0.05) is 17.1 Å². The molecule has 8 nitrogen and oxygen atoms in total. The molecule has 3 aromatic rings. The van der Waals surface area contributed by atoms with Crippen molar-refractivity contribution in [3.05, 3.63) is 93.8 Å². The van der Waals surface area contributed by atoms with Crippen LogP contribution in [0.15, 0.2) is 76.4 Å². The van der Waals surface area contributed by atoms with Gasteiger partial charge in [-0.15, -0.1) is 0 Å². The van der Waals surface area contributed by atoms with Crippen LogP contribution in [0.3, 0.4) is 0 Å². The Morgan fingerprint density at radius 2 is 1.62 bits per heavy atom. The molecule has 0 unspecified atom stereocenters. The number of esters is 1. The molecule has 0 bridgehead atoms. The Bertz CT molecular complexity index is 1270. The van der Waals surface area contributed by atoms with Gasteiger partial charge < -0.3 is 10.1 Å². The molecular weight excluding hydrogens is 452 g/mol. The first-order valence-corrected chi connectivity index (χ1v) is 11.3. The Hall–Kier alpha value is -3.98. The summed E-state index contributed by atoms with van der Waals surface area (Å²) in [6.07, 6.45) is 0.